The van der Waals surface area contributed by atoms with Crippen molar-refractivity contribution in [2.24, 2.45) is 0 Å². The molecule has 4 rings (SSSR count). The fourth-order valence-corrected chi connectivity index (χ4v) is 4.05. The molecule has 1 aliphatic rings. The summed E-state index contributed by atoms with van der Waals surface area (Å²) in [6.45, 7) is 3.12. The number of halogens is 1. The number of nitrogens with zero attached hydrogens (tertiary/aromatic N) is 1. The molecule has 2 aromatic carbocycles. The first kappa shape index (κ1) is 17.1. The Morgan fingerprint density at radius 3 is 3.00 bits per heavy atom. The van der Waals surface area contributed by atoms with Crippen LogP contribution in [0.3, 0.4) is 0 Å². The van der Waals surface area contributed by atoms with Crippen molar-refractivity contribution in [2.75, 3.05) is 18.5 Å². The van der Waals surface area contributed by atoms with E-state index in [0.717, 1.165) is 32.9 Å². The quantitative estimate of drug-likeness (QED) is 0.712. The number of benzene rings is 2. The minimum absolute atomic E-state index is 0.115. The first-order valence-corrected chi connectivity index (χ1v) is 9.53. The Labute approximate surface area is 159 Å². The maximum Gasteiger partial charge on any atom is 0.228 e. The van der Waals surface area contributed by atoms with Gasteiger partial charge in [0.2, 0.25) is 5.91 Å². The van der Waals surface area contributed by atoms with Crippen LogP contribution in [-0.2, 0) is 11.2 Å². The van der Waals surface area contributed by atoms with Gasteiger partial charge < -0.3 is 14.8 Å². The summed E-state index contributed by atoms with van der Waals surface area (Å²) in [5.74, 6) is 1.04. The van der Waals surface area contributed by atoms with Gasteiger partial charge in [-0.25, -0.2) is 4.98 Å². The summed E-state index contributed by atoms with van der Waals surface area (Å²) in [4.78, 5) is 16.9. The van der Waals surface area contributed by atoms with E-state index in [9.17, 15) is 4.79 Å². The van der Waals surface area contributed by atoms with Crippen LogP contribution in [-0.4, -0.2) is 24.1 Å². The van der Waals surface area contributed by atoms with Crippen LogP contribution < -0.4 is 14.8 Å². The van der Waals surface area contributed by atoms with Gasteiger partial charge in [-0.3, -0.25) is 4.79 Å². The van der Waals surface area contributed by atoms with Crippen molar-refractivity contribution < 1.29 is 14.3 Å². The number of anilines is 1. The van der Waals surface area contributed by atoms with Gasteiger partial charge in [0.15, 0.2) is 11.5 Å². The van der Waals surface area contributed by atoms with Gasteiger partial charge in [0.1, 0.15) is 0 Å². The molecule has 0 unspecified atom stereocenters. The molecule has 3 aromatic rings. The van der Waals surface area contributed by atoms with Gasteiger partial charge in [-0.05, 0) is 42.8 Å². The van der Waals surface area contributed by atoms with Gasteiger partial charge in [0.05, 0.1) is 39.9 Å². The maximum absolute atomic E-state index is 12.4. The number of ether oxygens (including phenoxy) is 2. The molecule has 0 atom stereocenters. The molecule has 7 heteroatoms. The Balaban J connectivity index is 1.50. The third kappa shape index (κ3) is 3.61. The molecule has 26 heavy (non-hydrogen) atoms. The topological polar surface area (TPSA) is 60.5 Å². The summed E-state index contributed by atoms with van der Waals surface area (Å²) in [7, 11) is 0. The molecular weight excluding hydrogens is 372 g/mol. The molecule has 1 aliphatic heterocycles. The van der Waals surface area contributed by atoms with E-state index < -0.39 is 0 Å². The second kappa shape index (κ2) is 7.13. The number of hydrogen-bond donors (Lipinski definition) is 1. The number of fused-ring (bicyclic) bond motifs is 2. The molecule has 1 N–H and O–H groups in total. The summed E-state index contributed by atoms with van der Waals surface area (Å²) in [6, 6.07) is 9.30. The SMILES string of the molecule is Cc1nc2ccc(NC(=O)Cc3cc(Cl)c4c(c3)OCCCO4)cc2s1. The lowest BCUT2D eigenvalue weighted by Gasteiger charge is -2.12. The second-order valence-electron chi connectivity index (χ2n) is 6.10. The number of carbonyl (C=O) groups is 1. The van der Waals surface area contributed by atoms with E-state index >= 15 is 0 Å². The normalized spacial score (nSPS) is 13.5. The van der Waals surface area contributed by atoms with Crippen molar-refractivity contribution >= 4 is 44.7 Å². The molecule has 1 amide bonds. The zero-order valence-corrected chi connectivity index (χ0v) is 15.7. The maximum atomic E-state index is 12.4. The Bertz CT molecular complexity index is 986. The van der Waals surface area contributed by atoms with Crippen LogP contribution in [0.25, 0.3) is 10.2 Å². The molecule has 0 saturated carbocycles. The van der Waals surface area contributed by atoms with Gasteiger partial charge in [-0.1, -0.05) is 11.6 Å². The third-order valence-electron chi connectivity index (χ3n) is 4.01. The summed E-state index contributed by atoms with van der Waals surface area (Å²) in [6.07, 6.45) is 1.01. The predicted molar refractivity (Wildman–Crippen MR) is 104 cm³/mol. The molecule has 2 heterocycles. The molecule has 0 radical (unpaired) electrons. The molecule has 1 aromatic heterocycles. The molecule has 0 aliphatic carbocycles. The Morgan fingerprint density at radius 1 is 1.27 bits per heavy atom. The highest BCUT2D eigenvalue weighted by Crippen LogP contribution is 2.38. The number of aromatic nitrogens is 1. The summed E-state index contributed by atoms with van der Waals surface area (Å²) < 4.78 is 12.3. The van der Waals surface area contributed by atoms with Crippen molar-refractivity contribution in [1.29, 1.82) is 0 Å². The lowest BCUT2D eigenvalue weighted by atomic mass is 10.1. The van der Waals surface area contributed by atoms with E-state index in [1.807, 2.05) is 31.2 Å². The number of carbonyl (C=O) groups excluding carboxylic acids is 1. The van der Waals surface area contributed by atoms with E-state index in [1.54, 1.807) is 17.4 Å². The lowest BCUT2D eigenvalue weighted by molar-refractivity contribution is -0.115. The van der Waals surface area contributed by atoms with Crippen LogP contribution in [0.5, 0.6) is 11.5 Å². The van der Waals surface area contributed by atoms with Crippen LogP contribution in [0.15, 0.2) is 30.3 Å². The van der Waals surface area contributed by atoms with Gasteiger partial charge >= 0.3 is 0 Å². The van der Waals surface area contributed by atoms with Crippen LogP contribution in [0.1, 0.15) is 17.0 Å². The number of rotatable bonds is 3. The zero-order valence-electron chi connectivity index (χ0n) is 14.2. The minimum Gasteiger partial charge on any atom is -0.489 e. The highest BCUT2D eigenvalue weighted by atomic mass is 35.5. The zero-order chi connectivity index (χ0) is 18.1. The van der Waals surface area contributed by atoms with Crippen LogP contribution in [0, 0.1) is 6.92 Å². The highest BCUT2D eigenvalue weighted by Gasteiger charge is 2.17. The number of thiazole rings is 1. The second-order valence-corrected chi connectivity index (χ2v) is 7.74. The van der Waals surface area contributed by atoms with Crippen molar-refractivity contribution in [3.8, 4) is 11.5 Å². The van der Waals surface area contributed by atoms with E-state index in [1.165, 1.54) is 0 Å². The molecule has 0 bridgehead atoms. The van der Waals surface area contributed by atoms with E-state index in [4.69, 9.17) is 21.1 Å². The van der Waals surface area contributed by atoms with E-state index in [-0.39, 0.29) is 12.3 Å². The first-order valence-electron chi connectivity index (χ1n) is 8.33. The molecule has 0 fully saturated rings. The lowest BCUT2D eigenvalue weighted by Crippen LogP contribution is -2.14. The fourth-order valence-electron chi connectivity index (χ4n) is 2.89. The average Bonchev–Trinajstić information content (AvgIpc) is 2.79. The number of amides is 1. The summed E-state index contributed by atoms with van der Waals surface area (Å²) >= 11 is 7.90. The Hall–Kier alpha value is -2.31. The van der Waals surface area contributed by atoms with Crippen molar-refractivity contribution in [2.45, 2.75) is 19.8 Å². The predicted octanol–water partition coefficient (Wildman–Crippen LogP) is 4.60. The standard InChI is InChI=1S/C19H17ClN2O3S/c1-11-21-15-4-3-13(10-17(15)26-11)22-18(23)9-12-7-14(20)19-16(8-12)24-5-2-6-25-19/h3-4,7-8,10H,2,5-6,9H2,1H3,(H,22,23). The van der Waals surface area contributed by atoms with Crippen molar-refractivity contribution in [3.05, 3.63) is 45.9 Å². The van der Waals surface area contributed by atoms with Gasteiger partial charge in [0, 0.05) is 12.1 Å². The van der Waals surface area contributed by atoms with Gasteiger partial charge in [-0.15, -0.1) is 11.3 Å². The van der Waals surface area contributed by atoms with Gasteiger partial charge in [0.25, 0.3) is 0 Å². The monoisotopic (exact) mass is 388 g/mol. The first-order chi connectivity index (χ1) is 12.6. The fraction of sp³-hybridized carbons (Fsp3) is 0.263. The van der Waals surface area contributed by atoms with Crippen molar-refractivity contribution in [3.63, 3.8) is 0 Å². The minimum atomic E-state index is -0.115. The third-order valence-corrected chi connectivity index (χ3v) is 5.22. The van der Waals surface area contributed by atoms with Crippen LogP contribution >= 0.6 is 22.9 Å². The Morgan fingerprint density at radius 2 is 2.12 bits per heavy atom. The molecular formula is C19H17ClN2O3S. The van der Waals surface area contributed by atoms with Crippen LogP contribution in [0.4, 0.5) is 5.69 Å². The summed E-state index contributed by atoms with van der Waals surface area (Å²) in [5, 5.41) is 4.40. The number of aryl methyl sites for hydroxylation is 1. The number of nitrogens with one attached hydrogen (secondary N) is 1. The summed E-state index contributed by atoms with van der Waals surface area (Å²) in [5.41, 5.74) is 2.48. The molecule has 134 valence electrons. The highest BCUT2D eigenvalue weighted by molar-refractivity contribution is 7.18. The van der Waals surface area contributed by atoms with Gasteiger partial charge in [-0.2, -0.15) is 0 Å². The average molecular weight is 389 g/mol. The molecule has 0 saturated heterocycles. The van der Waals surface area contributed by atoms with Crippen molar-refractivity contribution in [1.82, 2.24) is 4.98 Å². The van der Waals surface area contributed by atoms with Crippen LogP contribution in [0.2, 0.25) is 5.02 Å². The largest absolute Gasteiger partial charge is 0.489 e. The van der Waals surface area contributed by atoms with E-state index in [0.29, 0.717) is 29.7 Å². The molecule has 0 spiro atoms. The number of hydrogen-bond acceptors (Lipinski definition) is 5. The van der Waals surface area contributed by atoms with E-state index in [2.05, 4.69) is 10.3 Å². The smallest absolute Gasteiger partial charge is 0.228 e. The molecule has 5 nitrogen and oxygen atoms in total. The Kier molecular flexibility index (Phi) is 4.70.